The summed E-state index contributed by atoms with van der Waals surface area (Å²) in [5, 5.41) is 11.6. The molecule has 1 rings (SSSR count). The second kappa shape index (κ2) is 7.11. The van der Waals surface area contributed by atoms with Crippen LogP contribution in [0.3, 0.4) is 0 Å². The Kier molecular flexibility index (Phi) is 5.76. The topological polar surface area (TPSA) is 88.2 Å². The van der Waals surface area contributed by atoms with Crippen LogP contribution < -0.4 is 5.73 Å². The van der Waals surface area contributed by atoms with Crippen LogP contribution in [0.4, 0.5) is 0 Å². The minimum atomic E-state index is 0.0245. The molecule has 1 amide bonds. The van der Waals surface area contributed by atoms with Crippen LogP contribution in [0.5, 0.6) is 0 Å². The molecule has 0 aromatic carbocycles. The second-order valence-corrected chi connectivity index (χ2v) is 4.23. The first-order chi connectivity index (χ1) is 8.19. The van der Waals surface area contributed by atoms with Crippen LogP contribution in [0, 0.1) is 5.92 Å². The molecule has 1 fully saturated rings. The number of hydrogen-bond donors (Lipinski definition) is 2. The van der Waals surface area contributed by atoms with Gasteiger partial charge in [0.1, 0.15) is 12.4 Å². The maximum absolute atomic E-state index is 11.7. The summed E-state index contributed by atoms with van der Waals surface area (Å²) < 4.78 is 5.21. The minimum absolute atomic E-state index is 0.0245. The number of amides is 1. The lowest BCUT2D eigenvalue weighted by molar-refractivity contribution is -0.137. The van der Waals surface area contributed by atoms with Crippen LogP contribution in [0.2, 0.25) is 0 Å². The fourth-order valence-electron chi connectivity index (χ4n) is 1.90. The van der Waals surface area contributed by atoms with Gasteiger partial charge in [-0.1, -0.05) is 12.1 Å². The van der Waals surface area contributed by atoms with Gasteiger partial charge in [0.2, 0.25) is 5.91 Å². The summed E-state index contributed by atoms with van der Waals surface area (Å²) >= 11 is 0. The molecule has 98 valence electrons. The van der Waals surface area contributed by atoms with Gasteiger partial charge in [-0.15, -0.1) is 0 Å². The van der Waals surface area contributed by atoms with Crippen LogP contribution in [-0.4, -0.2) is 48.2 Å². The zero-order valence-electron chi connectivity index (χ0n) is 10.3. The highest BCUT2D eigenvalue weighted by molar-refractivity contribution is 5.83. The molecule has 0 aliphatic carbocycles. The molecule has 0 unspecified atom stereocenters. The molecule has 0 bridgehead atoms. The molecule has 0 aromatic heterocycles. The van der Waals surface area contributed by atoms with Gasteiger partial charge in [0.25, 0.3) is 0 Å². The summed E-state index contributed by atoms with van der Waals surface area (Å²) in [6.07, 6.45) is 2.41. The smallest absolute Gasteiger partial charge is 0.248 e. The molecular weight excluding hydrogens is 222 g/mol. The summed E-state index contributed by atoms with van der Waals surface area (Å²) in [5.74, 6) is 0.372. The Morgan fingerprint density at radius 2 is 2.18 bits per heavy atom. The van der Waals surface area contributed by atoms with E-state index in [0.717, 1.165) is 19.3 Å². The molecule has 17 heavy (non-hydrogen) atoms. The van der Waals surface area contributed by atoms with Crippen molar-refractivity contribution in [2.45, 2.75) is 26.2 Å². The maximum Gasteiger partial charge on any atom is 0.248 e. The van der Waals surface area contributed by atoms with E-state index in [2.05, 4.69) is 5.16 Å². The molecule has 1 saturated heterocycles. The van der Waals surface area contributed by atoms with Crippen molar-refractivity contribution >= 4 is 11.7 Å². The molecule has 1 aliphatic rings. The number of piperidine rings is 1. The van der Waals surface area contributed by atoms with Crippen LogP contribution in [0.25, 0.3) is 0 Å². The normalized spacial score (nSPS) is 18.4. The van der Waals surface area contributed by atoms with Gasteiger partial charge in [-0.3, -0.25) is 4.79 Å². The van der Waals surface area contributed by atoms with Crippen molar-refractivity contribution < 1.29 is 14.7 Å². The minimum Gasteiger partial charge on any atom is -0.409 e. The van der Waals surface area contributed by atoms with Crippen LogP contribution in [0.1, 0.15) is 26.2 Å². The number of nitrogens with zero attached hydrogens (tertiary/aromatic N) is 2. The fourth-order valence-corrected chi connectivity index (χ4v) is 1.90. The Bertz CT molecular complexity index is 273. The van der Waals surface area contributed by atoms with Gasteiger partial charge in [0.05, 0.1) is 0 Å². The van der Waals surface area contributed by atoms with Gasteiger partial charge in [-0.25, -0.2) is 0 Å². The molecule has 3 N–H and O–H groups in total. The highest BCUT2D eigenvalue weighted by Gasteiger charge is 2.24. The first kappa shape index (κ1) is 13.8. The van der Waals surface area contributed by atoms with E-state index in [1.54, 1.807) is 4.90 Å². The third-order valence-corrected chi connectivity index (χ3v) is 2.96. The van der Waals surface area contributed by atoms with Gasteiger partial charge in [0, 0.05) is 25.6 Å². The molecule has 0 saturated carbocycles. The summed E-state index contributed by atoms with van der Waals surface area (Å²) in [6, 6.07) is 0. The van der Waals surface area contributed by atoms with E-state index in [0.29, 0.717) is 19.7 Å². The maximum atomic E-state index is 11.7. The average molecular weight is 243 g/mol. The largest absolute Gasteiger partial charge is 0.409 e. The monoisotopic (exact) mass is 243 g/mol. The van der Waals surface area contributed by atoms with Gasteiger partial charge >= 0.3 is 0 Å². The number of hydrogen-bond acceptors (Lipinski definition) is 4. The number of amidine groups is 1. The van der Waals surface area contributed by atoms with Gasteiger partial charge < -0.3 is 20.6 Å². The standard InChI is InChI=1S/C11H21N3O3/c1-2-7-17-8-10(15)14-5-3-9(4-6-14)11(12)13-16/h9,16H,2-8H2,1H3,(H2,12,13). The fraction of sp³-hybridized carbons (Fsp3) is 0.818. The summed E-state index contributed by atoms with van der Waals surface area (Å²) in [4.78, 5) is 13.5. The highest BCUT2D eigenvalue weighted by atomic mass is 16.5. The van der Waals surface area contributed by atoms with E-state index >= 15 is 0 Å². The average Bonchev–Trinajstić information content (AvgIpc) is 2.38. The SMILES string of the molecule is CCCOCC(=O)N1CCC(C(N)=NO)CC1. The van der Waals surface area contributed by atoms with E-state index in [1.807, 2.05) is 6.92 Å². The molecule has 1 heterocycles. The Labute approximate surface area is 101 Å². The summed E-state index contributed by atoms with van der Waals surface area (Å²) in [7, 11) is 0. The zero-order chi connectivity index (χ0) is 12.7. The Morgan fingerprint density at radius 3 is 2.71 bits per heavy atom. The summed E-state index contributed by atoms with van der Waals surface area (Å²) in [5.41, 5.74) is 5.54. The van der Waals surface area contributed by atoms with Crippen LogP contribution in [-0.2, 0) is 9.53 Å². The predicted octanol–water partition coefficient (Wildman–Crippen LogP) is 0.398. The van der Waals surface area contributed by atoms with Crippen molar-refractivity contribution in [2.75, 3.05) is 26.3 Å². The number of rotatable bonds is 5. The lowest BCUT2D eigenvalue weighted by Gasteiger charge is -2.31. The molecule has 6 heteroatoms. The molecule has 0 atom stereocenters. The molecule has 1 aliphatic heterocycles. The predicted molar refractivity (Wildman–Crippen MR) is 63.8 cm³/mol. The van der Waals surface area contributed by atoms with E-state index in [4.69, 9.17) is 15.7 Å². The highest BCUT2D eigenvalue weighted by Crippen LogP contribution is 2.17. The number of carbonyl (C=O) groups is 1. The number of nitrogens with two attached hydrogens (primary N) is 1. The molecule has 6 nitrogen and oxygen atoms in total. The number of oxime groups is 1. The lowest BCUT2D eigenvalue weighted by atomic mass is 9.96. The number of carbonyl (C=O) groups excluding carboxylic acids is 1. The van der Waals surface area contributed by atoms with Gasteiger partial charge in [-0.2, -0.15) is 0 Å². The van der Waals surface area contributed by atoms with Crippen LogP contribution >= 0.6 is 0 Å². The zero-order valence-corrected chi connectivity index (χ0v) is 10.3. The quantitative estimate of drug-likeness (QED) is 0.240. The second-order valence-electron chi connectivity index (χ2n) is 4.23. The first-order valence-electron chi connectivity index (χ1n) is 6.02. The molecule has 0 spiro atoms. The third-order valence-electron chi connectivity index (χ3n) is 2.96. The lowest BCUT2D eigenvalue weighted by Crippen LogP contribution is -2.43. The van der Waals surface area contributed by atoms with Crippen molar-refractivity contribution in [1.29, 1.82) is 0 Å². The van der Waals surface area contributed by atoms with E-state index < -0.39 is 0 Å². The van der Waals surface area contributed by atoms with Crippen molar-refractivity contribution in [2.24, 2.45) is 16.8 Å². The van der Waals surface area contributed by atoms with Crippen LogP contribution in [0.15, 0.2) is 5.16 Å². The Hall–Kier alpha value is -1.30. The third kappa shape index (κ3) is 4.22. The van der Waals surface area contributed by atoms with E-state index in [1.165, 1.54) is 0 Å². The molecular formula is C11H21N3O3. The van der Waals surface area contributed by atoms with Crippen molar-refractivity contribution in [3.63, 3.8) is 0 Å². The van der Waals surface area contributed by atoms with Crippen molar-refractivity contribution in [1.82, 2.24) is 4.90 Å². The van der Waals surface area contributed by atoms with Crippen molar-refractivity contribution in [3.8, 4) is 0 Å². The van der Waals surface area contributed by atoms with Gasteiger partial charge in [0.15, 0.2) is 0 Å². The van der Waals surface area contributed by atoms with Crippen molar-refractivity contribution in [3.05, 3.63) is 0 Å². The summed E-state index contributed by atoms with van der Waals surface area (Å²) in [6.45, 7) is 4.08. The van der Waals surface area contributed by atoms with Gasteiger partial charge in [-0.05, 0) is 19.3 Å². The van der Waals surface area contributed by atoms with E-state index in [9.17, 15) is 4.79 Å². The first-order valence-corrected chi connectivity index (χ1v) is 6.02. The molecule has 0 aromatic rings. The molecule has 0 radical (unpaired) electrons. The Balaban J connectivity index is 2.29. The number of ether oxygens (including phenoxy) is 1. The number of likely N-dealkylation sites (tertiary alicyclic amines) is 1. The van der Waals surface area contributed by atoms with E-state index in [-0.39, 0.29) is 24.3 Å². The Morgan fingerprint density at radius 1 is 1.53 bits per heavy atom.